The molecule has 6 heteroatoms. The average molecular weight is 238 g/mol. The summed E-state index contributed by atoms with van der Waals surface area (Å²) in [5, 5.41) is 15.1. The topological polar surface area (TPSA) is 92.4 Å². The first-order valence-electron chi connectivity index (χ1n) is 5.60. The van der Waals surface area contributed by atoms with Crippen molar-refractivity contribution in [1.29, 1.82) is 0 Å². The predicted molar refractivity (Wildman–Crippen MR) is 58.2 cm³/mol. The van der Waals surface area contributed by atoms with E-state index >= 15 is 0 Å². The van der Waals surface area contributed by atoms with Crippen molar-refractivity contribution in [2.45, 2.75) is 25.7 Å². The van der Waals surface area contributed by atoms with Gasteiger partial charge in [-0.1, -0.05) is 11.6 Å². The molecule has 6 nitrogen and oxygen atoms in total. The van der Waals surface area contributed by atoms with Crippen LogP contribution in [-0.2, 0) is 9.59 Å². The highest BCUT2D eigenvalue weighted by atomic mass is 16.5. The Labute approximate surface area is 98.0 Å². The largest absolute Gasteiger partial charge is 0.481 e. The number of carbonyl (C=O) groups is 2. The van der Waals surface area contributed by atoms with Gasteiger partial charge in [0.2, 0.25) is 5.91 Å². The number of anilines is 1. The molecule has 0 radical (unpaired) electrons. The molecule has 1 aromatic rings. The van der Waals surface area contributed by atoms with Gasteiger partial charge in [0.25, 0.3) is 0 Å². The highest BCUT2D eigenvalue weighted by Crippen LogP contribution is 2.30. The Bertz CT molecular complexity index is 402. The molecule has 0 bridgehead atoms. The van der Waals surface area contributed by atoms with Gasteiger partial charge in [0, 0.05) is 5.92 Å². The van der Waals surface area contributed by atoms with Crippen LogP contribution in [0.4, 0.5) is 5.69 Å². The molecule has 17 heavy (non-hydrogen) atoms. The highest BCUT2D eigenvalue weighted by Gasteiger charge is 2.31. The highest BCUT2D eigenvalue weighted by molar-refractivity contribution is 5.92. The molecule has 92 valence electrons. The average Bonchev–Trinajstić information content (AvgIpc) is 2.82. The van der Waals surface area contributed by atoms with Crippen molar-refractivity contribution < 1.29 is 19.2 Å². The number of nitrogens with one attached hydrogen (secondary N) is 1. The van der Waals surface area contributed by atoms with E-state index in [-0.39, 0.29) is 11.8 Å². The number of amides is 1. The SMILES string of the molecule is O=C(O)C1CCCC(C(=O)Nc2cnoc2)C1. The molecule has 2 N–H and O–H groups in total. The third-order valence-corrected chi connectivity index (χ3v) is 3.09. The van der Waals surface area contributed by atoms with E-state index in [1.165, 1.54) is 12.5 Å². The van der Waals surface area contributed by atoms with Crippen LogP contribution in [0.15, 0.2) is 17.0 Å². The van der Waals surface area contributed by atoms with Crippen molar-refractivity contribution >= 4 is 17.6 Å². The van der Waals surface area contributed by atoms with Crippen LogP contribution in [0.2, 0.25) is 0 Å². The third kappa shape index (κ3) is 2.83. The van der Waals surface area contributed by atoms with E-state index < -0.39 is 11.9 Å². The lowest BCUT2D eigenvalue weighted by Gasteiger charge is -2.25. The molecule has 2 unspecified atom stereocenters. The Kier molecular flexibility index (Phi) is 3.41. The zero-order chi connectivity index (χ0) is 12.3. The van der Waals surface area contributed by atoms with Crippen molar-refractivity contribution in [3.8, 4) is 0 Å². The molecule has 1 amide bonds. The summed E-state index contributed by atoms with van der Waals surface area (Å²) in [6.07, 6.45) is 5.34. The molecule has 1 aliphatic carbocycles. The first-order valence-corrected chi connectivity index (χ1v) is 5.60. The van der Waals surface area contributed by atoms with Crippen LogP contribution in [0.1, 0.15) is 25.7 Å². The number of hydrogen-bond acceptors (Lipinski definition) is 4. The Morgan fingerprint density at radius 1 is 1.41 bits per heavy atom. The van der Waals surface area contributed by atoms with Gasteiger partial charge in [-0.2, -0.15) is 0 Å². The molecule has 1 aliphatic rings. The summed E-state index contributed by atoms with van der Waals surface area (Å²) >= 11 is 0. The second-order valence-corrected chi connectivity index (χ2v) is 4.30. The number of hydrogen-bond donors (Lipinski definition) is 2. The van der Waals surface area contributed by atoms with E-state index in [0.717, 1.165) is 12.8 Å². The molecular weight excluding hydrogens is 224 g/mol. The quantitative estimate of drug-likeness (QED) is 0.832. The molecule has 2 atom stereocenters. The molecular formula is C11H14N2O4. The second-order valence-electron chi connectivity index (χ2n) is 4.30. The molecule has 2 rings (SSSR count). The van der Waals surface area contributed by atoms with Gasteiger partial charge in [0.1, 0.15) is 12.0 Å². The van der Waals surface area contributed by atoms with Crippen LogP contribution in [-0.4, -0.2) is 22.1 Å². The van der Waals surface area contributed by atoms with Gasteiger partial charge in [-0.3, -0.25) is 9.59 Å². The maximum atomic E-state index is 11.9. The van der Waals surface area contributed by atoms with Crippen molar-refractivity contribution in [3.05, 3.63) is 12.5 Å². The van der Waals surface area contributed by atoms with Gasteiger partial charge in [-0.15, -0.1) is 0 Å². The standard InChI is InChI=1S/C11H14N2O4/c14-10(13-9-5-12-17-6-9)7-2-1-3-8(4-7)11(15)16/h5-8H,1-4H2,(H,13,14)(H,15,16). The van der Waals surface area contributed by atoms with Gasteiger partial charge in [-0.05, 0) is 19.3 Å². The van der Waals surface area contributed by atoms with E-state index in [0.29, 0.717) is 18.5 Å². The number of nitrogens with zero attached hydrogens (tertiary/aromatic N) is 1. The number of rotatable bonds is 3. The fraction of sp³-hybridized carbons (Fsp3) is 0.545. The minimum absolute atomic E-state index is 0.154. The molecule has 1 fully saturated rings. The maximum Gasteiger partial charge on any atom is 0.306 e. The lowest BCUT2D eigenvalue weighted by molar-refractivity contribution is -0.143. The van der Waals surface area contributed by atoms with E-state index in [1.54, 1.807) is 0 Å². The maximum absolute atomic E-state index is 11.9. The van der Waals surface area contributed by atoms with Gasteiger partial charge in [0.05, 0.1) is 12.1 Å². The van der Waals surface area contributed by atoms with Crippen molar-refractivity contribution in [1.82, 2.24) is 5.16 Å². The lowest BCUT2D eigenvalue weighted by Crippen LogP contribution is -2.30. The Balaban J connectivity index is 1.93. The molecule has 0 saturated heterocycles. The third-order valence-electron chi connectivity index (χ3n) is 3.09. The van der Waals surface area contributed by atoms with Crippen LogP contribution in [0.5, 0.6) is 0 Å². The normalized spacial score (nSPS) is 24.2. The smallest absolute Gasteiger partial charge is 0.306 e. The summed E-state index contributed by atoms with van der Waals surface area (Å²) in [7, 11) is 0. The van der Waals surface area contributed by atoms with E-state index in [9.17, 15) is 9.59 Å². The van der Waals surface area contributed by atoms with Gasteiger partial charge >= 0.3 is 5.97 Å². The van der Waals surface area contributed by atoms with Crippen LogP contribution < -0.4 is 5.32 Å². The fourth-order valence-electron chi connectivity index (χ4n) is 2.16. The van der Waals surface area contributed by atoms with E-state index in [2.05, 4.69) is 15.0 Å². The molecule has 0 spiro atoms. The number of aromatic nitrogens is 1. The molecule has 1 aromatic heterocycles. The van der Waals surface area contributed by atoms with Crippen LogP contribution in [0.25, 0.3) is 0 Å². The molecule has 0 aromatic carbocycles. The summed E-state index contributed by atoms with van der Waals surface area (Å²) < 4.78 is 4.60. The summed E-state index contributed by atoms with van der Waals surface area (Å²) in [6.45, 7) is 0. The summed E-state index contributed by atoms with van der Waals surface area (Å²) in [5.41, 5.74) is 0.507. The number of carboxylic acids is 1. The first kappa shape index (κ1) is 11.6. The van der Waals surface area contributed by atoms with Crippen molar-refractivity contribution in [2.75, 3.05) is 5.32 Å². The predicted octanol–water partition coefficient (Wildman–Crippen LogP) is 1.50. The Morgan fingerprint density at radius 2 is 2.18 bits per heavy atom. The summed E-state index contributed by atoms with van der Waals surface area (Å²) in [4.78, 5) is 22.7. The zero-order valence-corrected chi connectivity index (χ0v) is 9.26. The van der Waals surface area contributed by atoms with Crippen molar-refractivity contribution in [2.24, 2.45) is 11.8 Å². The minimum Gasteiger partial charge on any atom is -0.481 e. The molecule has 0 aliphatic heterocycles. The van der Waals surface area contributed by atoms with Gasteiger partial charge < -0.3 is 14.9 Å². The first-order chi connectivity index (χ1) is 8.16. The van der Waals surface area contributed by atoms with Crippen LogP contribution >= 0.6 is 0 Å². The monoisotopic (exact) mass is 238 g/mol. The van der Waals surface area contributed by atoms with Crippen LogP contribution in [0.3, 0.4) is 0 Å². The van der Waals surface area contributed by atoms with E-state index in [1.807, 2.05) is 0 Å². The molecule has 1 heterocycles. The summed E-state index contributed by atoms with van der Waals surface area (Å²) in [5.74, 6) is -1.60. The Hall–Kier alpha value is -1.85. The van der Waals surface area contributed by atoms with Crippen LogP contribution in [0, 0.1) is 11.8 Å². The number of carbonyl (C=O) groups excluding carboxylic acids is 1. The summed E-state index contributed by atoms with van der Waals surface area (Å²) in [6, 6.07) is 0. The minimum atomic E-state index is -0.813. The van der Waals surface area contributed by atoms with Gasteiger partial charge in [0.15, 0.2) is 0 Å². The van der Waals surface area contributed by atoms with Gasteiger partial charge in [-0.25, -0.2) is 0 Å². The van der Waals surface area contributed by atoms with E-state index in [4.69, 9.17) is 5.11 Å². The number of carboxylic acid groups (broad SMARTS) is 1. The lowest BCUT2D eigenvalue weighted by atomic mass is 9.81. The fourth-order valence-corrected chi connectivity index (χ4v) is 2.16. The van der Waals surface area contributed by atoms with Crippen molar-refractivity contribution in [3.63, 3.8) is 0 Å². The zero-order valence-electron chi connectivity index (χ0n) is 9.26. The second kappa shape index (κ2) is 4.99. The number of aliphatic carboxylic acids is 1. The molecule has 1 saturated carbocycles. The Morgan fingerprint density at radius 3 is 2.82 bits per heavy atom.